The molecule has 224 valence electrons. The molecule has 0 aliphatic carbocycles. The van der Waals surface area contributed by atoms with Crippen molar-refractivity contribution in [2.75, 3.05) is 19.6 Å². The number of hydrogen-bond acceptors (Lipinski definition) is 5. The normalized spacial score (nSPS) is 19.4. The van der Waals surface area contributed by atoms with Crippen molar-refractivity contribution in [1.29, 1.82) is 0 Å². The second-order valence-corrected chi connectivity index (χ2v) is 14.5. The Morgan fingerprint density at radius 3 is 2.31 bits per heavy atom. The predicted octanol–water partition coefficient (Wildman–Crippen LogP) is 3.42. The number of fused-ring (bicyclic) bond motifs is 3. The lowest BCUT2D eigenvalue weighted by Gasteiger charge is -2.39. The SMILES string of the molecule is Cn1c(C(=O)N[C@H](C(=O)N2C[C@@H]3C[C@H]2CN3C(=O)CNS(=O)(=O)c2cc(Cl)ccc2Cl)C(C)(C)C)cc2ccccc21. The lowest BCUT2D eigenvalue weighted by Crippen LogP contribution is -2.59. The van der Waals surface area contributed by atoms with Crippen LogP contribution in [0, 0.1) is 5.41 Å². The first kappa shape index (κ1) is 30.3. The van der Waals surface area contributed by atoms with Gasteiger partial charge in [0, 0.05) is 36.1 Å². The van der Waals surface area contributed by atoms with Crippen LogP contribution in [-0.2, 0) is 26.7 Å². The van der Waals surface area contributed by atoms with Gasteiger partial charge in [-0.15, -0.1) is 0 Å². The number of aromatic nitrogens is 1. The number of carbonyl (C=O) groups is 3. The van der Waals surface area contributed by atoms with E-state index in [0.29, 0.717) is 18.7 Å². The maximum Gasteiger partial charge on any atom is 0.268 e. The van der Waals surface area contributed by atoms with Gasteiger partial charge in [0.15, 0.2) is 0 Å². The van der Waals surface area contributed by atoms with Gasteiger partial charge in [0.2, 0.25) is 21.8 Å². The first-order valence-electron chi connectivity index (χ1n) is 13.6. The highest BCUT2D eigenvalue weighted by Crippen LogP contribution is 2.34. The van der Waals surface area contributed by atoms with Gasteiger partial charge < -0.3 is 19.7 Å². The van der Waals surface area contributed by atoms with Gasteiger partial charge in [-0.3, -0.25) is 14.4 Å². The summed E-state index contributed by atoms with van der Waals surface area (Å²) in [5, 5.41) is 4.11. The molecule has 10 nitrogen and oxygen atoms in total. The van der Waals surface area contributed by atoms with E-state index in [9.17, 15) is 22.8 Å². The van der Waals surface area contributed by atoms with E-state index in [1.54, 1.807) is 9.80 Å². The molecule has 13 heteroatoms. The minimum absolute atomic E-state index is 0.00497. The molecule has 2 N–H and O–H groups in total. The molecule has 3 amide bonds. The molecular weight excluding hydrogens is 601 g/mol. The largest absolute Gasteiger partial charge is 0.340 e. The van der Waals surface area contributed by atoms with Crippen LogP contribution < -0.4 is 10.0 Å². The Bertz CT molecular complexity index is 1680. The van der Waals surface area contributed by atoms with Crippen LogP contribution in [-0.4, -0.2) is 78.3 Å². The first-order valence-corrected chi connectivity index (χ1v) is 15.8. The van der Waals surface area contributed by atoms with Crippen molar-refractivity contribution in [3.05, 3.63) is 64.3 Å². The highest BCUT2D eigenvalue weighted by molar-refractivity contribution is 7.89. The van der Waals surface area contributed by atoms with Crippen LogP contribution in [0.25, 0.3) is 10.9 Å². The summed E-state index contributed by atoms with van der Waals surface area (Å²) in [4.78, 5) is 43.4. The third-order valence-electron chi connectivity index (χ3n) is 8.01. The molecule has 0 spiro atoms. The number of sulfonamides is 1. The van der Waals surface area contributed by atoms with Gasteiger partial charge in [-0.1, -0.05) is 62.2 Å². The Morgan fingerprint density at radius 2 is 1.67 bits per heavy atom. The van der Waals surface area contributed by atoms with E-state index < -0.39 is 33.9 Å². The minimum atomic E-state index is -4.07. The maximum atomic E-state index is 13.8. The topological polar surface area (TPSA) is 121 Å². The molecule has 2 fully saturated rings. The zero-order valence-electron chi connectivity index (χ0n) is 23.7. The molecule has 3 aromatic rings. The van der Waals surface area contributed by atoms with E-state index in [1.165, 1.54) is 18.2 Å². The number of likely N-dealkylation sites (tertiary alicyclic amines) is 2. The van der Waals surface area contributed by atoms with E-state index >= 15 is 0 Å². The van der Waals surface area contributed by atoms with Crippen molar-refractivity contribution < 1.29 is 22.8 Å². The fourth-order valence-electron chi connectivity index (χ4n) is 5.79. The number of carbonyl (C=O) groups excluding carboxylic acids is 3. The van der Waals surface area contributed by atoms with E-state index in [0.717, 1.165) is 10.9 Å². The van der Waals surface area contributed by atoms with Crippen LogP contribution in [0.2, 0.25) is 10.0 Å². The van der Waals surface area contributed by atoms with E-state index in [2.05, 4.69) is 10.0 Å². The van der Waals surface area contributed by atoms with Crippen molar-refractivity contribution in [1.82, 2.24) is 24.4 Å². The summed E-state index contributed by atoms with van der Waals surface area (Å²) in [5.74, 6) is -0.937. The fraction of sp³-hybridized carbons (Fsp3) is 0.414. The van der Waals surface area contributed by atoms with E-state index in [4.69, 9.17) is 23.2 Å². The molecule has 2 bridgehead atoms. The number of nitrogens with one attached hydrogen (secondary N) is 2. The molecule has 42 heavy (non-hydrogen) atoms. The van der Waals surface area contributed by atoms with Crippen molar-refractivity contribution in [2.45, 2.75) is 50.2 Å². The highest BCUT2D eigenvalue weighted by atomic mass is 35.5. The van der Waals surface area contributed by atoms with Gasteiger partial charge >= 0.3 is 0 Å². The zero-order valence-corrected chi connectivity index (χ0v) is 26.1. The summed E-state index contributed by atoms with van der Waals surface area (Å²) in [6, 6.07) is 12.3. The third-order valence-corrected chi connectivity index (χ3v) is 10.1. The molecule has 2 aliphatic heterocycles. The zero-order chi connectivity index (χ0) is 30.6. The van der Waals surface area contributed by atoms with Crippen LogP contribution in [0.3, 0.4) is 0 Å². The monoisotopic (exact) mass is 633 g/mol. The smallest absolute Gasteiger partial charge is 0.268 e. The number of halogens is 2. The van der Waals surface area contributed by atoms with Crippen LogP contribution in [0.15, 0.2) is 53.4 Å². The van der Waals surface area contributed by atoms with Crippen molar-refractivity contribution in [3.63, 3.8) is 0 Å². The number of amides is 3. The standard InChI is InChI=1S/C29H33Cl2N5O5S/c1-29(2,3)26(33-27(38)23-11-17-7-5-6-8-22(17)34(23)4)28(39)36-16-19-13-20(36)15-35(19)25(37)14-32-42(40,41)24-12-18(30)9-10-21(24)31/h5-12,19-20,26,32H,13-16H2,1-4H3,(H,33,38)/t19-,20-,26+/m0/s1. The Kier molecular flexibility index (Phi) is 8.08. The average Bonchev–Trinajstić information content (AvgIpc) is 3.64. The summed E-state index contributed by atoms with van der Waals surface area (Å²) in [6.07, 6.45) is 0.582. The Balaban J connectivity index is 1.24. The number of benzene rings is 2. The van der Waals surface area contributed by atoms with Gasteiger partial charge in [-0.25, -0.2) is 13.1 Å². The summed E-state index contributed by atoms with van der Waals surface area (Å²) in [7, 11) is -2.25. The quantitative estimate of drug-likeness (QED) is 0.413. The molecule has 5 rings (SSSR count). The van der Waals surface area contributed by atoms with Crippen molar-refractivity contribution >= 4 is 61.8 Å². The number of piperazine rings is 1. The van der Waals surface area contributed by atoms with Gasteiger partial charge in [0.05, 0.1) is 23.7 Å². The van der Waals surface area contributed by atoms with Crippen LogP contribution >= 0.6 is 23.2 Å². The summed E-state index contributed by atoms with van der Waals surface area (Å²) in [5.41, 5.74) is 0.800. The van der Waals surface area contributed by atoms with Gasteiger partial charge in [-0.05, 0) is 42.2 Å². The van der Waals surface area contributed by atoms with Crippen LogP contribution in [0.5, 0.6) is 0 Å². The fourth-order valence-corrected chi connectivity index (χ4v) is 7.52. The van der Waals surface area contributed by atoms with Gasteiger partial charge in [-0.2, -0.15) is 0 Å². The van der Waals surface area contributed by atoms with Crippen LogP contribution in [0.4, 0.5) is 0 Å². The predicted molar refractivity (Wildman–Crippen MR) is 161 cm³/mol. The lowest BCUT2D eigenvalue weighted by atomic mass is 9.85. The number of hydrogen-bond donors (Lipinski definition) is 2. The van der Waals surface area contributed by atoms with E-state index in [-0.39, 0.29) is 45.4 Å². The highest BCUT2D eigenvalue weighted by Gasteiger charge is 2.49. The molecule has 3 heterocycles. The first-order chi connectivity index (χ1) is 19.7. The van der Waals surface area contributed by atoms with Gasteiger partial charge in [0.1, 0.15) is 16.6 Å². The molecule has 1 aromatic heterocycles. The summed E-state index contributed by atoms with van der Waals surface area (Å²) in [6.45, 7) is 5.84. The molecule has 3 atom stereocenters. The third kappa shape index (κ3) is 5.75. The Labute approximate surface area is 255 Å². The molecule has 0 unspecified atom stereocenters. The Hall–Kier alpha value is -3.12. The van der Waals surface area contributed by atoms with Crippen molar-refractivity contribution in [3.8, 4) is 0 Å². The maximum absolute atomic E-state index is 13.8. The lowest BCUT2D eigenvalue weighted by molar-refractivity contribution is -0.142. The number of aryl methyl sites for hydroxylation is 1. The molecule has 2 aromatic carbocycles. The second-order valence-electron chi connectivity index (χ2n) is 11.9. The molecule has 2 aliphatic rings. The van der Waals surface area contributed by atoms with E-state index in [1.807, 2.05) is 62.7 Å². The molecular formula is C29H33Cl2N5O5S. The van der Waals surface area contributed by atoms with Gasteiger partial charge in [0.25, 0.3) is 5.91 Å². The summed E-state index contributed by atoms with van der Waals surface area (Å²) >= 11 is 12.0. The number of para-hydroxylation sites is 1. The molecule has 2 saturated heterocycles. The second kappa shape index (κ2) is 11.2. The average molecular weight is 635 g/mol. The number of rotatable bonds is 7. The Morgan fingerprint density at radius 1 is 1.00 bits per heavy atom. The summed E-state index contributed by atoms with van der Waals surface area (Å²) < 4.78 is 29.6. The molecule has 0 saturated carbocycles. The van der Waals surface area contributed by atoms with Crippen LogP contribution in [0.1, 0.15) is 37.7 Å². The molecule has 0 radical (unpaired) electrons. The minimum Gasteiger partial charge on any atom is -0.340 e. The number of nitrogens with zero attached hydrogens (tertiary/aromatic N) is 3. The van der Waals surface area contributed by atoms with Crippen molar-refractivity contribution in [2.24, 2.45) is 12.5 Å².